The Hall–Kier alpha value is -2.73. The van der Waals surface area contributed by atoms with Gasteiger partial charge in [-0.05, 0) is 24.3 Å². The van der Waals surface area contributed by atoms with Crippen molar-refractivity contribution in [2.24, 2.45) is 0 Å². The van der Waals surface area contributed by atoms with Crippen molar-refractivity contribution < 1.29 is 5.11 Å². The highest BCUT2D eigenvalue weighted by molar-refractivity contribution is 7.25. The van der Waals surface area contributed by atoms with Crippen molar-refractivity contribution in [1.82, 2.24) is 15.0 Å². The van der Waals surface area contributed by atoms with E-state index in [0.29, 0.717) is 10.2 Å². The zero-order valence-electron chi connectivity index (χ0n) is 10.7. The Morgan fingerprint density at radius 3 is 2.76 bits per heavy atom. The molecular weight excluding hydrogens is 286 g/mol. The van der Waals surface area contributed by atoms with Gasteiger partial charge in [0.15, 0.2) is 0 Å². The monoisotopic (exact) mass is 295 g/mol. The maximum Gasteiger partial charge on any atom is 0.252 e. The number of rotatable bonds is 1. The predicted octanol–water partition coefficient (Wildman–Crippen LogP) is 2.91. The van der Waals surface area contributed by atoms with Gasteiger partial charge in [-0.15, -0.1) is 11.3 Å². The molecule has 4 rings (SSSR count). The van der Waals surface area contributed by atoms with Crippen LogP contribution < -0.4 is 5.56 Å². The van der Waals surface area contributed by atoms with Crippen LogP contribution in [0.25, 0.3) is 31.7 Å². The molecule has 0 atom stereocenters. The molecule has 0 saturated heterocycles. The summed E-state index contributed by atoms with van der Waals surface area (Å²) < 4.78 is 0.643. The number of hydrogen-bond acceptors (Lipinski definition) is 5. The number of thiophene rings is 1. The Bertz CT molecular complexity index is 1020. The van der Waals surface area contributed by atoms with Crippen molar-refractivity contribution in [2.75, 3.05) is 0 Å². The third kappa shape index (κ3) is 1.88. The smallest absolute Gasteiger partial charge is 0.252 e. The number of aromatic nitrogens is 3. The van der Waals surface area contributed by atoms with Gasteiger partial charge in [0.1, 0.15) is 10.6 Å². The summed E-state index contributed by atoms with van der Waals surface area (Å²) >= 11 is 1.36. The van der Waals surface area contributed by atoms with Crippen LogP contribution in [0, 0.1) is 0 Å². The summed E-state index contributed by atoms with van der Waals surface area (Å²) in [5.41, 5.74) is 2.12. The van der Waals surface area contributed by atoms with Crippen LogP contribution in [-0.2, 0) is 0 Å². The van der Waals surface area contributed by atoms with Gasteiger partial charge in [-0.3, -0.25) is 9.78 Å². The molecule has 0 aliphatic heterocycles. The molecule has 0 aliphatic carbocycles. The Balaban J connectivity index is 2.03. The van der Waals surface area contributed by atoms with Crippen molar-refractivity contribution in [1.29, 1.82) is 0 Å². The molecule has 0 spiro atoms. The zero-order chi connectivity index (χ0) is 14.4. The molecular formula is C15H9N3O2S. The van der Waals surface area contributed by atoms with E-state index in [1.807, 2.05) is 24.3 Å². The second kappa shape index (κ2) is 4.39. The Morgan fingerprint density at radius 1 is 1.14 bits per heavy atom. The van der Waals surface area contributed by atoms with Crippen LogP contribution in [0.4, 0.5) is 0 Å². The minimum absolute atomic E-state index is 0.0118. The van der Waals surface area contributed by atoms with Crippen molar-refractivity contribution in [2.45, 2.75) is 0 Å². The topological polar surface area (TPSA) is 78.9 Å². The number of fused-ring (bicyclic) bond motifs is 3. The minimum Gasteiger partial charge on any atom is -0.506 e. The molecule has 2 N–H and O–H groups in total. The summed E-state index contributed by atoms with van der Waals surface area (Å²) in [5, 5.41) is 10.7. The molecule has 6 heteroatoms. The lowest BCUT2D eigenvalue weighted by atomic mass is 10.1. The Kier molecular flexibility index (Phi) is 2.52. The SMILES string of the molecule is O=c1cc(O)c2sc3nc(-c4ccncc4)ccc3c2[nH]1. The summed E-state index contributed by atoms with van der Waals surface area (Å²) in [6.45, 7) is 0. The van der Waals surface area contributed by atoms with Crippen molar-refractivity contribution in [3.63, 3.8) is 0 Å². The normalized spacial score (nSPS) is 11.2. The van der Waals surface area contributed by atoms with Crippen molar-refractivity contribution in [3.05, 3.63) is 53.1 Å². The van der Waals surface area contributed by atoms with Gasteiger partial charge < -0.3 is 10.1 Å². The molecule has 0 bridgehead atoms. The van der Waals surface area contributed by atoms with Crippen LogP contribution in [0.2, 0.25) is 0 Å². The number of H-pyrrole nitrogens is 1. The van der Waals surface area contributed by atoms with E-state index in [9.17, 15) is 9.90 Å². The first-order valence-corrected chi connectivity index (χ1v) is 7.10. The number of aromatic hydroxyl groups is 1. The van der Waals surface area contributed by atoms with Gasteiger partial charge in [0.25, 0.3) is 5.56 Å². The predicted molar refractivity (Wildman–Crippen MR) is 82.6 cm³/mol. The summed E-state index contributed by atoms with van der Waals surface area (Å²) in [6, 6.07) is 8.77. The molecule has 102 valence electrons. The average Bonchev–Trinajstić information content (AvgIpc) is 2.86. The van der Waals surface area contributed by atoms with Crippen molar-refractivity contribution in [3.8, 4) is 17.0 Å². The van der Waals surface area contributed by atoms with Crippen LogP contribution >= 0.6 is 11.3 Å². The molecule has 0 radical (unpaired) electrons. The molecule has 0 saturated carbocycles. The van der Waals surface area contributed by atoms with E-state index >= 15 is 0 Å². The number of nitrogens with zero attached hydrogens (tertiary/aromatic N) is 2. The second-order valence-corrected chi connectivity index (χ2v) is 5.61. The molecule has 4 aromatic heterocycles. The fourth-order valence-electron chi connectivity index (χ4n) is 2.32. The summed E-state index contributed by atoms with van der Waals surface area (Å²) in [4.78, 5) is 23.6. The second-order valence-electron chi connectivity index (χ2n) is 4.61. The standard InChI is InChI=1S/C15H9N3O2S/c19-11-7-12(20)18-13-9-1-2-10(8-3-5-16-6-4-8)17-15(9)21-14(11)13/h1-7H,(H2,18,19,20). The van der Waals surface area contributed by atoms with Gasteiger partial charge in [-0.2, -0.15) is 0 Å². The van der Waals surface area contributed by atoms with E-state index in [-0.39, 0.29) is 11.3 Å². The molecule has 0 unspecified atom stereocenters. The highest BCUT2D eigenvalue weighted by Gasteiger charge is 2.12. The largest absolute Gasteiger partial charge is 0.506 e. The zero-order valence-corrected chi connectivity index (χ0v) is 11.5. The van der Waals surface area contributed by atoms with Gasteiger partial charge in [0.05, 0.1) is 15.9 Å². The van der Waals surface area contributed by atoms with E-state index in [1.165, 1.54) is 17.4 Å². The first kappa shape index (κ1) is 12.0. The molecule has 4 heterocycles. The van der Waals surface area contributed by atoms with Crippen molar-refractivity contribution >= 4 is 31.8 Å². The van der Waals surface area contributed by atoms with Crippen LogP contribution in [0.3, 0.4) is 0 Å². The van der Waals surface area contributed by atoms with Gasteiger partial charge >= 0.3 is 0 Å². The van der Waals surface area contributed by atoms with Gasteiger partial charge in [-0.25, -0.2) is 4.98 Å². The molecule has 5 nitrogen and oxygen atoms in total. The molecule has 21 heavy (non-hydrogen) atoms. The fourth-order valence-corrected chi connectivity index (χ4v) is 3.36. The van der Waals surface area contributed by atoms with Crippen LogP contribution in [0.15, 0.2) is 47.5 Å². The van der Waals surface area contributed by atoms with Gasteiger partial charge in [0.2, 0.25) is 0 Å². The quantitative estimate of drug-likeness (QED) is 0.566. The van der Waals surface area contributed by atoms with Crippen LogP contribution in [-0.4, -0.2) is 20.1 Å². The highest BCUT2D eigenvalue weighted by atomic mass is 32.1. The summed E-state index contributed by atoms with van der Waals surface area (Å²) in [6.07, 6.45) is 3.44. The molecule has 0 fully saturated rings. The number of aromatic amines is 1. The van der Waals surface area contributed by atoms with E-state index in [4.69, 9.17) is 0 Å². The summed E-state index contributed by atoms with van der Waals surface area (Å²) in [7, 11) is 0. The Labute approximate surface area is 122 Å². The first-order chi connectivity index (χ1) is 10.2. The Morgan fingerprint density at radius 2 is 1.95 bits per heavy atom. The third-order valence-electron chi connectivity index (χ3n) is 3.28. The van der Waals surface area contributed by atoms with Crippen LogP contribution in [0.5, 0.6) is 5.75 Å². The molecule has 4 aromatic rings. The van der Waals surface area contributed by atoms with E-state index in [2.05, 4.69) is 15.0 Å². The maximum absolute atomic E-state index is 11.5. The van der Waals surface area contributed by atoms with Crippen LogP contribution in [0.1, 0.15) is 0 Å². The number of pyridine rings is 3. The fraction of sp³-hybridized carbons (Fsp3) is 0. The maximum atomic E-state index is 11.5. The lowest BCUT2D eigenvalue weighted by molar-refractivity contribution is 0.481. The molecule has 0 aromatic carbocycles. The third-order valence-corrected chi connectivity index (χ3v) is 4.40. The van der Waals surface area contributed by atoms with Gasteiger partial charge in [0, 0.05) is 29.4 Å². The molecule has 0 amide bonds. The first-order valence-electron chi connectivity index (χ1n) is 6.28. The number of nitrogens with one attached hydrogen (secondary N) is 1. The lowest BCUT2D eigenvalue weighted by Crippen LogP contribution is -2.01. The average molecular weight is 295 g/mol. The van der Waals surface area contributed by atoms with Gasteiger partial charge in [-0.1, -0.05) is 0 Å². The highest BCUT2D eigenvalue weighted by Crippen LogP contribution is 2.36. The van der Waals surface area contributed by atoms with E-state index < -0.39 is 0 Å². The minimum atomic E-state index is -0.321. The lowest BCUT2D eigenvalue weighted by Gasteiger charge is -1.99. The summed E-state index contributed by atoms with van der Waals surface area (Å²) in [5.74, 6) is -0.0118. The van der Waals surface area contributed by atoms with E-state index in [1.54, 1.807) is 12.4 Å². The molecule has 0 aliphatic rings. The van der Waals surface area contributed by atoms with E-state index in [0.717, 1.165) is 21.5 Å². The number of hydrogen-bond donors (Lipinski definition) is 2.